The van der Waals surface area contributed by atoms with Crippen LogP contribution in [-0.2, 0) is 0 Å². The van der Waals surface area contributed by atoms with E-state index in [1.807, 2.05) is 0 Å². The topological polar surface area (TPSA) is 72.0 Å². The van der Waals surface area contributed by atoms with Crippen LogP contribution >= 0.6 is 0 Å². The van der Waals surface area contributed by atoms with Crippen molar-refractivity contribution < 1.29 is 4.74 Å². The van der Waals surface area contributed by atoms with Gasteiger partial charge in [-0.1, -0.05) is 13.8 Å². The molecular weight excluding hydrogens is 242 g/mol. The normalized spacial score (nSPS) is 14.2. The Balaban J connectivity index is 2.00. The van der Waals surface area contributed by atoms with Crippen molar-refractivity contribution >= 4 is 11.9 Å². The minimum Gasteiger partial charge on any atom is -0.463 e. The first-order valence-corrected chi connectivity index (χ1v) is 7.18. The molecule has 1 aliphatic carbocycles. The summed E-state index contributed by atoms with van der Waals surface area (Å²) in [5, 5.41) is 6.43. The van der Waals surface area contributed by atoms with Crippen LogP contribution in [0.15, 0.2) is 0 Å². The molecule has 0 atom stereocenters. The summed E-state index contributed by atoms with van der Waals surface area (Å²) >= 11 is 0. The van der Waals surface area contributed by atoms with Crippen LogP contribution in [-0.4, -0.2) is 34.6 Å². The van der Waals surface area contributed by atoms with Crippen molar-refractivity contribution in [2.75, 3.05) is 30.3 Å². The molecule has 19 heavy (non-hydrogen) atoms. The third-order valence-corrected chi connectivity index (χ3v) is 2.83. The van der Waals surface area contributed by atoms with E-state index in [4.69, 9.17) is 4.74 Å². The van der Waals surface area contributed by atoms with Gasteiger partial charge < -0.3 is 15.4 Å². The lowest BCUT2D eigenvalue weighted by Crippen LogP contribution is -2.13. The smallest absolute Gasteiger partial charge is 0.323 e. The highest BCUT2D eigenvalue weighted by Gasteiger charge is 2.21. The van der Waals surface area contributed by atoms with Gasteiger partial charge >= 0.3 is 6.01 Å². The summed E-state index contributed by atoms with van der Waals surface area (Å²) in [4.78, 5) is 12.9. The van der Waals surface area contributed by atoms with E-state index < -0.39 is 0 Å². The van der Waals surface area contributed by atoms with Crippen molar-refractivity contribution in [3.63, 3.8) is 0 Å². The molecule has 0 saturated heterocycles. The second-order valence-corrected chi connectivity index (χ2v) is 4.86. The molecule has 0 radical (unpaired) electrons. The van der Waals surface area contributed by atoms with Gasteiger partial charge in [0.2, 0.25) is 11.9 Å². The summed E-state index contributed by atoms with van der Waals surface area (Å²) in [7, 11) is 0. The Kier molecular flexibility index (Phi) is 5.18. The molecule has 1 aliphatic rings. The minimum atomic E-state index is 0.397. The SMILES string of the molecule is CCCNc1nc(NCC2CC2)nc(OCCC)n1. The zero-order valence-electron chi connectivity index (χ0n) is 11.8. The van der Waals surface area contributed by atoms with Crippen LogP contribution in [0.1, 0.15) is 39.5 Å². The van der Waals surface area contributed by atoms with Gasteiger partial charge in [-0.15, -0.1) is 0 Å². The van der Waals surface area contributed by atoms with Crippen molar-refractivity contribution in [1.82, 2.24) is 15.0 Å². The fraction of sp³-hybridized carbons (Fsp3) is 0.769. The largest absolute Gasteiger partial charge is 0.463 e. The zero-order valence-corrected chi connectivity index (χ0v) is 11.8. The van der Waals surface area contributed by atoms with Crippen LogP contribution < -0.4 is 15.4 Å². The monoisotopic (exact) mass is 265 g/mol. The molecule has 106 valence electrons. The van der Waals surface area contributed by atoms with Crippen LogP contribution in [0.5, 0.6) is 6.01 Å². The van der Waals surface area contributed by atoms with Gasteiger partial charge in [-0.2, -0.15) is 15.0 Å². The highest BCUT2D eigenvalue weighted by Crippen LogP contribution is 2.28. The Hall–Kier alpha value is -1.59. The Morgan fingerprint density at radius 1 is 1.05 bits per heavy atom. The molecule has 6 heteroatoms. The maximum atomic E-state index is 5.50. The van der Waals surface area contributed by atoms with E-state index in [-0.39, 0.29) is 0 Å². The predicted molar refractivity (Wildman–Crippen MR) is 75.6 cm³/mol. The molecule has 1 saturated carbocycles. The maximum Gasteiger partial charge on any atom is 0.323 e. The molecule has 0 aromatic carbocycles. The molecule has 1 aromatic heterocycles. The molecule has 2 N–H and O–H groups in total. The van der Waals surface area contributed by atoms with E-state index >= 15 is 0 Å². The van der Waals surface area contributed by atoms with Crippen molar-refractivity contribution in [1.29, 1.82) is 0 Å². The van der Waals surface area contributed by atoms with Gasteiger partial charge in [0.05, 0.1) is 6.61 Å². The number of hydrogen-bond acceptors (Lipinski definition) is 6. The fourth-order valence-electron chi connectivity index (χ4n) is 1.57. The summed E-state index contributed by atoms with van der Waals surface area (Å²) in [5.74, 6) is 1.97. The number of aromatic nitrogens is 3. The third kappa shape index (κ3) is 4.89. The first-order valence-electron chi connectivity index (χ1n) is 7.18. The highest BCUT2D eigenvalue weighted by atomic mass is 16.5. The molecule has 0 amide bonds. The lowest BCUT2D eigenvalue weighted by Gasteiger charge is -2.09. The number of nitrogens with one attached hydrogen (secondary N) is 2. The minimum absolute atomic E-state index is 0.397. The molecule has 0 spiro atoms. The summed E-state index contributed by atoms with van der Waals surface area (Å²) in [6.07, 6.45) is 4.58. The van der Waals surface area contributed by atoms with Crippen LogP contribution in [0.2, 0.25) is 0 Å². The number of anilines is 2. The molecule has 0 bridgehead atoms. The van der Waals surface area contributed by atoms with E-state index in [0.717, 1.165) is 31.8 Å². The molecule has 0 aliphatic heterocycles. The Labute approximate surface area is 114 Å². The van der Waals surface area contributed by atoms with E-state index in [2.05, 4.69) is 39.4 Å². The van der Waals surface area contributed by atoms with Crippen LogP contribution in [0.4, 0.5) is 11.9 Å². The maximum absolute atomic E-state index is 5.50. The van der Waals surface area contributed by atoms with Gasteiger partial charge in [0, 0.05) is 13.1 Å². The summed E-state index contributed by atoms with van der Waals surface area (Å²) in [6, 6.07) is 0.397. The number of hydrogen-bond donors (Lipinski definition) is 2. The Morgan fingerprint density at radius 2 is 1.79 bits per heavy atom. The van der Waals surface area contributed by atoms with Crippen molar-refractivity contribution in [3.05, 3.63) is 0 Å². The standard InChI is InChI=1S/C13H23N5O/c1-3-7-14-11-16-12(15-9-10-5-6-10)18-13(17-11)19-8-4-2/h10H,3-9H2,1-2H3,(H2,14,15,16,17,18). The van der Waals surface area contributed by atoms with Crippen molar-refractivity contribution in [2.24, 2.45) is 5.92 Å². The Morgan fingerprint density at radius 3 is 2.42 bits per heavy atom. The molecular formula is C13H23N5O. The predicted octanol–water partition coefficient (Wildman–Crippen LogP) is 2.30. The number of ether oxygens (including phenoxy) is 1. The van der Waals surface area contributed by atoms with Gasteiger partial charge in [-0.3, -0.25) is 0 Å². The van der Waals surface area contributed by atoms with Crippen LogP contribution in [0.25, 0.3) is 0 Å². The Bertz CT molecular complexity index is 368. The molecule has 0 unspecified atom stereocenters. The lowest BCUT2D eigenvalue weighted by molar-refractivity contribution is 0.292. The quantitative estimate of drug-likeness (QED) is 0.714. The van der Waals surface area contributed by atoms with Crippen molar-refractivity contribution in [3.8, 4) is 6.01 Å². The fourth-order valence-corrected chi connectivity index (χ4v) is 1.57. The molecule has 1 aromatic rings. The molecule has 1 fully saturated rings. The lowest BCUT2D eigenvalue weighted by atomic mass is 10.4. The second kappa shape index (κ2) is 7.11. The summed E-state index contributed by atoms with van der Waals surface area (Å²) in [5.41, 5.74) is 0. The molecule has 6 nitrogen and oxygen atoms in total. The average Bonchev–Trinajstić information content (AvgIpc) is 3.25. The van der Waals surface area contributed by atoms with E-state index in [1.165, 1.54) is 12.8 Å². The van der Waals surface area contributed by atoms with Gasteiger partial charge in [0.25, 0.3) is 0 Å². The summed E-state index contributed by atoms with van der Waals surface area (Å²) < 4.78 is 5.50. The first kappa shape index (κ1) is 13.8. The van der Waals surface area contributed by atoms with E-state index in [1.54, 1.807) is 0 Å². The molecule has 2 rings (SSSR count). The van der Waals surface area contributed by atoms with Crippen LogP contribution in [0, 0.1) is 5.92 Å². The van der Waals surface area contributed by atoms with Gasteiger partial charge in [0.1, 0.15) is 0 Å². The van der Waals surface area contributed by atoms with Gasteiger partial charge in [-0.25, -0.2) is 0 Å². The number of rotatable bonds is 9. The highest BCUT2D eigenvalue weighted by molar-refractivity contribution is 5.36. The van der Waals surface area contributed by atoms with Crippen LogP contribution in [0.3, 0.4) is 0 Å². The van der Waals surface area contributed by atoms with Gasteiger partial charge in [-0.05, 0) is 31.6 Å². The van der Waals surface area contributed by atoms with Crippen molar-refractivity contribution in [2.45, 2.75) is 39.5 Å². The number of nitrogens with zero attached hydrogens (tertiary/aromatic N) is 3. The van der Waals surface area contributed by atoms with E-state index in [9.17, 15) is 0 Å². The molecule has 1 heterocycles. The van der Waals surface area contributed by atoms with E-state index in [0.29, 0.717) is 24.5 Å². The zero-order chi connectivity index (χ0) is 13.5. The third-order valence-electron chi connectivity index (χ3n) is 2.83. The second-order valence-electron chi connectivity index (χ2n) is 4.86. The first-order chi connectivity index (χ1) is 9.31. The average molecular weight is 265 g/mol. The summed E-state index contributed by atoms with van der Waals surface area (Å²) in [6.45, 7) is 6.57. The van der Waals surface area contributed by atoms with Gasteiger partial charge in [0.15, 0.2) is 0 Å².